The van der Waals surface area contributed by atoms with Crippen molar-refractivity contribution in [3.63, 3.8) is 0 Å². The summed E-state index contributed by atoms with van der Waals surface area (Å²) >= 11 is 6.03. The molecule has 1 aromatic carbocycles. The van der Waals surface area contributed by atoms with Gasteiger partial charge in [-0.05, 0) is 49.3 Å². The topological polar surface area (TPSA) is 66.4 Å². The van der Waals surface area contributed by atoms with Gasteiger partial charge in [0.15, 0.2) is 0 Å². The highest BCUT2D eigenvalue weighted by molar-refractivity contribution is 6.30. The molecule has 1 atom stereocenters. The molecular weight excluding hydrogens is 290 g/mol. The molecule has 1 aromatic rings. The maximum atomic E-state index is 12.7. The van der Waals surface area contributed by atoms with Crippen LogP contribution in [-0.4, -0.2) is 23.0 Å². The number of carboxylic acid groups (broad SMARTS) is 1. The Kier molecular flexibility index (Phi) is 3.66. The number of hydrogen-bond donors (Lipinski definition) is 2. The van der Waals surface area contributed by atoms with Crippen LogP contribution in [0.1, 0.15) is 37.7 Å². The van der Waals surface area contributed by atoms with E-state index in [4.69, 9.17) is 11.6 Å². The Bertz CT molecular complexity index is 579. The average Bonchev–Trinajstić information content (AvgIpc) is 3.18. The number of carbonyl (C=O) groups is 2. The normalized spacial score (nSPS) is 21.2. The number of amides is 1. The number of rotatable bonds is 5. The van der Waals surface area contributed by atoms with Crippen LogP contribution in [0, 0.1) is 5.92 Å². The Morgan fingerprint density at radius 3 is 2.52 bits per heavy atom. The van der Waals surface area contributed by atoms with E-state index in [2.05, 4.69) is 5.32 Å². The van der Waals surface area contributed by atoms with Crippen LogP contribution in [0.3, 0.4) is 0 Å². The zero-order chi connectivity index (χ0) is 15.0. The van der Waals surface area contributed by atoms with Gasteiger partial charge in [0.25, 0.3) is 0 Å². The maximum Gasteiger partial charge on any atom is 0.326 e. The first-order chi connectivity index (χ1) is 10.0. The van der Waals surface area contributed by atoms with Crippen molar-refractivity contribution in [2.24, 2.45) is 5.92 Å². The molecule has 0 radical (unpaired) electrons. The molecule has 0 spiro atoms. The lowest BCUT2D eigenvalue weighted by Gasteiger charge is -2.41. The molecule has 4 nitrogen and oxygen atoms in total. The zero-order valence-corrected chi connectivity index (χ0v) is 12.4. The first kappa shape index (κ1) is 14.4. The van der Waals surface area contributed by atoms with Crippen LogP contribution >= 0.6 is 11.6 Å². The van der Waals surface area contributed by atoms with Gasteiger partial charge >= 0.3 is 5.97 Å². The van der Waals surface area contributed by atoms with E-state index in [1.54, 1.807) is 6.07 Å². The minimum atomic E-state index is -0.939. The summed E-state index contributed by atoms with van der Waals surface area (Å²) < 4.78 is 0. The fourth-order valence-electron chi connectivity index (χ4n) is 3.05. The van der Waals surface area contributed by atoms with Crippen molar-refractivity contribution >= 4 is 23.5 Å². The molecule has 21 heavy (non-hydrogen) atoms. The molecule has 0 aromatic heterocycles. The summed E-state index contributed by atoms with van der Waals surface area (Å²) in [5.41, 5.74) is 0.284. The maximum absolute atomic E-state index is 12.7. The number of carbonyl (C=O) groups excluding carboxylic acids is 1. The Morgan fingerprint density at radius 1 is 1.33 bits per heavy atom. The third-order valence-corrected chi connectivity index (χ3v) is 4.90. The second kappa shape index (κ2) is 5.34. The van der Waals surface area contributed by atoms with Gasteiger partial charge in [0.2, 0.25) is 5.91 Å². The van der Waals surface area contributed by atoms with Crippen molar-refractivity contribution in [3.8, 4) is 0 Å². The van der Waals surface area contributed by atoms with Crippen molar-refractivity contribution in [2.45, 2.75) is 43.6 Å². The molecule has 1 unspecified atom stereocenters. The van der Waals surface area contributed by atoms with E-state index in [1.807, 2.05) is 18.2 Å². The molecule has 0 aliphatic heterocycles. The van der Waals surface area contributed by atoms with Crippen LogP contribution in [-0.2, 0) is 15.0 Å². The highest BCUT2D eigenvalue weighted by atomic mass is 35.5. The molecule has 0 saturated heterocycles. The van der Waals surface area contributed by atoms with Gasteiger partial charge in [0.05, 0.1) is 5.41 Å². The Labute approximate surface area is 128 Å². The van der Waals surface area contributed by atoms with Crippen molar-refractivity contribution < 1.29 is 14.7 Å². The highest BCUT2D eigenvalue weighted by Gasteiger charge is 2.48. The van der Waals surface area contributed by atoms with E-state index < -0.39 is 17.4 Å². The van der Waals surface area contributed by atoms with E-state index in [-0.39, 0.29) is 11.8 Å². The number of aliphatic carboxylic acids is 1. The predicted octanol–water partition coefficient (Wildman–Crippen LogP) is 2.74. The van der Waals surface area contributed by atoms with Gasteiger partial charge < -0.3 is 10.4 Å². The monoisotopic (exact) mass is 307 g/mol. The van der Waals surface area contributed by atoms with Gasteiger partial charge in [0.1, 0.15) is 6.04 Å². The summed E-state index contributed by atoms with van der Waals surface area (Å²) in [6, 6.07) is 6.57. The molecule has 0 bridgehead atoms. The minimum Gasteiger partial charge on any atom is -0.480 e. The highest BCUT2D eigenvalue weighted by Crippen LogP contribution is 2.45. The van der Waals surface area contributed by atoms with Crippen molar-refractivity contribution in [2.75, 3.05) is 0 Å². The molecular formula is C16H18ClNO3. The second-order valence-electron chi connectivity index (χ2n) is 6.07. The molecule has 2 N–H and O–H groups in total. The summed E-state index contributed by atoms with van der Waals surface area (Å²) in [7, 11) is 0. The average molecular weight is 308 g/mol. The van der Waals surface area contributed by atoms with Gasteiger partial charge in [0, 0.05) is 5.02 Å². The quantitative estimate of drug-likeness (QED) is 0.879. The lowest BCUT2D eigenvalue weighted by Crippen LogP contribution is -2.54. The molecule has 5 heteroatoms. The van der Waals surface area contributed by atoms with E-state index in [0.717, 1.165) is 37.7 Å². The molecule has 3 rings (SSSR count). The first-order valence-corrected chi connectivity index (χ1v) is 7.70. The summed E-state index contributed by atoms with van der Waals surface area (Å²) in [6.45, 7) is 0. The Morgan fingerprint density at radius 2 is 2.05 bits per heavy atom. The number of nitrogens with one attached hydrogen (secondary N) is 1. The standard InChI is InChI=1S/C16H18ClNO3/c17-12-4-1-3-11(9-12)16(7-2-8-16)15(21)18-13(14(19)20)10-5-6-10/h1,3-4,9-10,13H,2,5-8H2,(H,18,21)(H,19,20). The number of carboxylic acids is 1. The largest absolute Gasteiger partial charge is 0.480 e. The van der Waals surface area contributed by atoms with E-state index >= 15 is 0 Å². The third kappa shape index (κ3) is 2.64. The predicted molar refractivity (Wildman–Crippen MR) is 79.3 cm³/mol. The lowest BCUT2D eigenvalue weighted by atomic mass is 9.63. The number of hydrogen-bond acceptors (Lipinski definition) is 2. The Hall–Kier alpha value is -1.55. The van der Waals surface area contributed by atoms with Crippen LogP contribution in [0.2, 0.25) is 5.02 Å². The van der Waals surface area contributed by atoms with Crippen molar-refractivity contribution in [3.05, 3.63) is 34.9 Å². The molecule has 2 aliphatic carbocycles. The fourth-order valence-corrected chi connectivity index (χ4v) is 3.24. The van der Waals surface area contributed by atoms with Crippen LogP contribution in [0.4, 0.5) is 0 Å². The van der Waals surface area contributed by atoms with Crippen molar-refractivity contribution in [1.29, 1.82) is 0 Å². The van der Waals surface area contributed by atoms with Gasteiger partial charge in [-0.25, -0.2) is 4.79 Å². The summed E-state index contributed by atoms with van der Waals surface area (Å²) in [5.74, 6) is -1.02. The van der Waals surface area contributed by atoms with E-state index in [0.29, 0.717) is 5.02 Å². The van der Waals surface area contributed by atoms with Gasteiger partial charge in [-0.15, -0.1) is 0 Å². The fraction of sp³-hybridized carbons (Fsp3) is 0.500. The van der Waals surface area contributed by atoms with Crippen LogP contribution < -0.4 is 5.32 Å². The second-order valence-corrected chi connectivity index (χ2v) is 6.51. The zero-order valence-electron chi connectivity index (χ0n) is 11.6. The van der Waals surface area contributed by atoms with Gasteiger partial charge in [-0.1, -0.05) is 30.2 Å². The summed E-state index contributed by atoms with van der Waals surface area (Å²) in [5, 5.41) is 12.6. The van der Waals surface area contributed by atoms with E-state index in [9.17, 15) is 14.7 Å². The van der Waals surface area contributed by atoms with Crippen LogP contribution in [0.25, 0.3) is 0 Å². The minimum absolute atomic E-state index is 0.0861. The SMILES string of the molecule is O=C(O)C(NC(=O)C1(c2cccc(Cl)c2)CCC1)C1CC1. The molecule has 2 saturated carbocycles. The third-order valence-electron chi connectivity index (χ3n) is 4.67. The number of benzene rings is 1. The van der Waals surface area contributed by atoms with Crippen molar-refractivity contribution in [1.82, 2.24) is 5.32 Å². The molecule has 2 fully saturated rings. The first-order valence-electron chi connectivity index (χ1n) is 7.33. The van der Waals surface area contributed by atoms with Crippen LogP contribution in [0.15, 0.2) is 24.3 Å². The smallest absolute Gasteiger partial charge is 0.326 e. The number of halogens is 1. The lowest BCUT2D eigenvalue weighted by molar-refractivity contribution is -0.144. The summed E-state index contributed by atoms with van der Waals surface area (Å²) in [6.07, 6.45) is 4.22. The van der Waals surface area contributed by atoms with Gasteiger partial charge in [-0.3, -0.25) is 4.79 Å². The molecule has 0 heterocycles. The molecule has 112 valence electrons. The Balaban J connectivity index is 1.82. The molecule has 2 aliphatic rings. The van der Waals surface area contributed by atoms with Gasteiger partial charge in [-0.2, -0.15) is 0 Å². The van der Waals surface area contributed by atoms with E-state index in [1.165, 1.54) is 0 Å². The summed E-state index contributed by atoms with van der Waals surface area (Å²) in [4.78, 5) is 24.0. The molecule has 1 amide bonds. The van der Waals surface area contributed by atoms with Crippen LogP contribution in [0.5, 0.6) is 0 Å².